The van der Waals surface area contributed by atoms with Crippen LogP contribution in [0.1, 0.15) is 36.0 Å². The normalized spacial score (nSPS) is 13.6. The summed E-state index contributed by atoms with van der Waals surface area (Å²) in [5.41, 5.74) is 3.99. The number of pyridine rings is 1. The van der Waals surface area contributed by atoms with Crippen molar-refractivity contribution in [3.8, 4) is 6.07 Å². The topological polar surface area (TPSA) is 77.8 Å². The molecule has 6 heteroatoms. The van der Waals surface area contributed by atoms with Gasteiger partial charge < -0.3 is 10.6 Å². The van der Waals surface area contributed by atoms with E-state index in [9.17, 15) is 14.4 Å². The van der Waals surface area contributed by atoms with E-state index in [-0.39, 0.29) is 17.6 Å². The number of hydrogen-bond donors (Lipinski definition) is 2. The molecular weight excluding hydrogens is 367 g/mol. The number of hydrogen-bond acceptors (Lipinski definition) is 4. The van der Waals surface area contributed by atoms with Gasteiger partial charge in [-0.3, -0.25) is 9.78 Å². The third-order valence-electron chi connectivity index (χ3n) is 5.39. The van der Waals surface area contributed by atoms with Crippen molar-refractivity contribution in [1.29, 1.82) is 5.26 Å². The van der Waals surface area contributed by atoms with E-state index in [1.807, 2.05) is 24.3 Å². The van der Waals surface area contributed by atoms with Crippen LogP contribution in [0.15, 0.2) is 42.6 Å². The summed E-state index contributed by atoms with van der Waals surface area (Å²) in [6.07, 6.45) is 4.53. The number of fused-ring (bicyclic) bond motifs is 1. The molecule has 0 unspecified atom stereocenters. The smallest absolute Gasteiger partial charge is 0.227 e. The van der Waals surface area contributed by atoms with Crippen molar-refractivity contribution in [3.63, 3.8) is 0 Å². The van der Waals surface area contributed by atoms with Gasteiger partial charge in [-0.05, 0) is 55.2 Å². The van der Waals surface area contributed by atoms with Gasteiger partial charge in [0, 0.05) is 29.7 Å². The zero-order chi connectivity index (χ0) is 20.4. The number of anilines is 2. The lowest BCUT2D eigenvalue weighted by Crippen LogP contribution is -2.28. The Morgan fingerprint density at radius 2 is 2.14 bits per heavy atom. The van der Waals surface area contributed by atoms with Crippen molar-refractivity contribution < 1.29 is 9.18 Å². The summed E-state index contributed by atoms with van der Waals surface area (Å²) in [6, 6.07) is 12.5. The average molecular weight is 388 g/mol. The van der Waals surface area contributed by atoms with Crippen molar-refractivity contribution in [2.24, 2.45) is 5.92 Å². The minimum absolute atomic E-state index is 0.0687. The Hall–Kier alpha value is -3.46. The molecule has 0 bridgehead atoms. The molecule has 1 heterocycles. The van der Waals surface area contributed by atoms with Gasteiger partial charge in [-0.15, -0.1) is 0 Å². The van der Waals surface area contributed by atoms with Crippen LogP contribution in [0.2, 0.25) is 0 Å². The highest BCUT2D eigenvalue weighted by molar-refractivity contribution is 5.96. The predicted molar refractivity (Wildman–Crippen MR) is 111 cm³/mol. The quantitative estimate of drug-likeness (QED) is 0.651. The second-order valence-electron chi connectivity index (χ2n) is 7.45. The first-order chi connectivity index (χ1) is 14.0. The molecule has 1 fully saturated rings. The maximum Gasteiger partial charge on any atom is 0.227 e. The van der Waals surface area contributed by atoms with Crippen molar-refractivity contribution >= 4 is 28.2 Å². The number of nitrogens with zero attached hydrogens (tertiary/aromatic N) is 2. The second-order valence-corrected chi connectivity index (χ2v) is 7.45. The Kier molecular flexibility index (Phi) is 5.13. The van der Waals surface area contributed by atoms with Gasteiger partial charge in [-0.2, -0.15) is 5.26 Å². The van der Waals surface area contributed by atoms with Crippen molar-refractivity contribution in [2.75, 3.05) is 10.6 Å². The van der Waals surface area contributed by atoms with E-state index in [2.05, 4.69) is 21.7 Å². The summed E-state index contributed by atoms with van der Waals surface area (Å²) < 4.78 is 14.0. The highest BCUT2D eigenvalue weighted by Gasteiger charge is 2.25. The lowest BCUT2D eigenvalue weighted by Gasteiger charge is -2.24. The first-order valence-electron chi connectivity index (χ1n) is 9.68. The van der Waals surface area contributed by atoms with Crippen LogP contribution in [-0.4, -0.2) is 10.9 Å². The number of amides is 1. The molecule has 1 aliphatic carbocycles. The first kappa shape index (κ1) is 18.9. The van der Waals surface area contributed by atoms with Crippen LogP contribution in [-0.2, 0) is 11.3 Å². The average Bonchev–Trinajstić information content (AvgIpc) is 2.64. The fourth-order valence-corrected chi connectivity index (χ4v) is 3.58. The fourth-order valence-electron chi connectivity index (χ4n) is 3.58. The molecule has 0 spiro atoms. The molecule has 0 atom stereocenters. The Morgan fingerprint density at radius 1 is 1.31 bits per heavy atom. The molecule has 5 nitrogen and oxygen atoms in total. The lowest BCUT2D eigenvalue weighted by molar-refractivity contribution is -0.122. The molecule has 2 aromatic carbocycles. The number of halogens is 1. The number of carbonyl (C=O) groups excluding carboxylic acids is 1. The standard InChI is InChI=1S/C23H21FN4O/c1-14-8-18(24)10-20-21(14)27-13-17(11-25)22(20)26-12-15-4-2-7-19(9-15)28-23(29)16-5-3-6-16/h2,4,7-10,13,16H,3,5-6,12H2,1H3,(H,26,27)(H,28,29). The molecule has 0 radical (unpaired) electrons. The van der Waals surface area contributed by atoms with Crippen LogP contribution < -0.4 is 10.6 Å². The third kappa shape index (κ3) is 3.90. The van der Waals surface area contributed by atoms with E-state index in [1.165, 1.54) is 18.3 Å². The van der Waals surface area contributed by atoms with Crippen LogP contribution in [0.4, 0.5) is 15.8 Å². The second kappa shape index (κ2) is 7.88. The van der Waals surface area contributed by atoms with Gasteiger partial charge in [-0.25, -0.2) is 4.39 Å². The van der Waals surface area contributed by atoms with Crippen LogP contribution in [0.25, 0.3) is 10.9 Å². The van der Waals surface area contributed by atoms with E-state index < -0.39 is 0 Å². The van der Waals surface area contributed by atoms with Crippen molar-refractivity contribution in [2.45, 2.75) is 32.7 Å². The van der Waals surface area contributed by atoms with Gasteiger partial charge in [0.2, 0.25) is 5.91 Å². The summed E-state index contributed by atoms with van der Waals surface area (Å²) in [7, 11) is 0. The van der Waals surface area contributed by atoms with Gasteiger partial charge in [0.15, 0.2) is 0 Å². The molecule has 1 aromatic heterocycles. The number of aromatic nitrogens is 1. The maximum atomic E-state index is 14.0. The van der Waals surface area contributed by atoms with Gasteiger partial charge in [-0.1, -0.05) is 18.6 Å². The van der Waals surface area contributed by atoms with E-state index in [0.717, 1.165) is 30.5 Å². The van der Waals surface area contributed by atoms with E-state index in [4.69, 9.17) is 0 Å². The van der Waals surface area contributed by atoms with E-state index >= 15 is 0 Å². The third-order valence-corrected chi connectivity index (χ3v) is 5.39. The predicted octanol–water partition coefficient (Wildman–Crippen LogP) is 4.90. The molecule has 1 amide bonds. The van der Waals surface area contributed by atoms with E-state index in [0.29, 0.717) is 34.3 Å². The molecule has 3 aromatic rings. The number of nitrogens with one attached hydrogen (secondary N) is 2. The van der Waals surface area contributed by atoms with Crippen molar-refractivity contribution in [1.82, 2.24) is 4.98 Å². The molecule has 0 aliphatic heterocycles. The molecule has 2 N–H and O–H groups in total. The van der Waals surface area contributed by atoms with Crippen LogP contribution >= 0.6 is 0 Å². The zero-order valence-electron chi connectivity index (χ0n) is 16.1. The maximum absolute atomic E-state index is 14.0. The Balaban J connectivity index is 1.57. The number of rotatable bonds is 5. The highest BCUT2D eigenvalue weighted by Crippen LogP contribution is 2.30. The zero-order valence-corrected chi connectivity index (χ0v) is 16.1. The summed E-state index contributed by atoms with van der Waals surface area (Å²) >= 11 is 0. The number of aryl methyl sites for hydroxylation is 1. The van der Waals surface area contributed by atoms with Crippen LogP contribution in [0.3, 0.4) is 0 Å². The summed E-state index contributed by atoms with van der Waals surface area (Å²) in [4.78, 5) is 16.5. The fraction of sp³-hybridized carbons (Fsp3) is 0.261. The number of benzene rings is 2. The van der Waals surface area contributed by atoms with E-state index in [1.54, 1.807) is 6.92 Å². The Morgan fingerprint density at radius 3 is 2.86 bits per heavy atom. The van der Waals surface area contributed by atoms with Crippen molar-refractivity contribution in [3.05, 3.63) is 65.1 Å². The molecule has 1 saturated carbocycles. The molecule has 29 heavy (non-hydrogen) atoms. The van der Waals surface area contributed by atoms with Gasteiger partial charge in [0.25, 0.3) is 0 Å². The highest BCUT2D eigenvalue weighted by atomic mass is 19.1. The molecule has 1 aliphatic rings. The van der Waals surface area contributed by atoms with Crippen LogP contribution in [0, 0.1) is 30.0 Å². The number of carbonyl (C=O) groups is 1. The Labute approximate surface area is 168 Å². The number of nitriles is 1. The monoisotopic (exact) mass is 388 g/mol. The summed E-state index contributed by atoms with van der Waals surface area (Å²) in [5, 5.41) is 16.3. The van der Waals surface area contributed by atoms with Gasteiger partial charge >= 0.3 is 0 Å². The summed E-state index contributed by atoms with van der Waals surface area (Å²) in [6.45, 7) is 2.22. The minimum atomic E-state index is -0.365. The largest absolute Gasteiger partial charge is 0.379 e. The van der Waals surface area contributed by atoms with Gasteiger partial charge in [0.1, 0.15) is 11.9 Å². The molecular formula is C23H21FN4O. The Bertz CT molecular complexity index is 1130. The molecule has 146 valence electrons. The SMILES string of the molecule is Cc1cc(F)cc2c(NCc3cccc(NC(=O)C4CCC4)c3)c(C#N)cnc12. The van der Waals surface area contributed by atoms with Gasteiger partial charge in [0.05, 0.1) is 16.8 Å². The van der Waals surface area contributed by atoms with Crippen LogP contribution in [0.5, 0.6) is 0 Å². The molecule has 4 rings (SSSR count). The summed E-state index contributed by atoms with van der Waals surface area (Å²) in [5.74, 6) is -0.175. The first-order valence-corrected chi connectivity index (χ1v) is 9.68. The molecule has 0 saturated heterocycles. The lowest BCUT2D eigenvalue weighted by atomic mass is 9.85. The minimum Gasteiger partial charge on any atom is -0.379 e.